The number of amides is 1. The highest BCUT2D eigenvalue weighted by Gasteiger charge is 2.16. The molecule has 0 aliphatic carbocycles. The van der Waals surface area contributed by atoms with Gasteiger partial charge in [-0.05, 0) is 31.5 Å². The van der Waals surface area contributed by atoms with Crippen molar-refractivity contribution < 1.29 is 18.7 Å². The summed E-state index contributed by atoms with van der Waals surface area (Å²) in [5.74, 6) is -0.978. The third kappa shape index (κ3) is 4.69. The number of rotatable bonds is 7. The molecular formula is C14H18FNO3. The average molecular weight is 267 g/mol. The standard InChI is InChI=1S/C14H18FNO3/c1-3-4-7-16-14(18)10(2)19-13-6-5-11(9-17)8-12(13)15/h5-6,8-10H,3-4,7H2,1-2H3,(H,16,18). The molecule has 1 amide bonds. The van der Waals surface area contributed by atoms with Gasteiger partial charge in [-0.15, -0.1) is 0 Å². The Morgan fingerprint density at radius 2 is 2.26 bits per heavy atom. The van der Waals surface area contributed by atoms with Crippen LogP contribution in [-0.4, -0.2) is 24.8 Å². The number of nitrogens with one attached hydrogen (secondary N) is 1. The predicted molar refractivity (Wildman–Crippen MR) is 69.8 cm³/mol. The lowest BCUT2D eigenvalue weighted by molar-refractivity contribution is -0.127. The topological polar surface area (TPSA) is 55.4 Å². The largest absolute Gasteiger partial charge is 0.478 e. The molecule has 0 saturated carbocycles. The fourth-order valence-corrected chi connectivity index (χ4v) is 1.46. The summed E-state index contributed by atoms with van der Waals surface area (Å²) in [5, 5.41) is 2.70. The maximum absolute atomic E-state index is 13.6. The van der Waals surface area contributed by atoms with E-state index in [0.29, 0.717) is 12.8 Å². The molecule has 1 atom stereocenters. The fraction of sp³-hybridized carbons (Fsp3) is 0.429. The van der Waals surface area contributed by atoms with E-state index in [2.05, 4.69) is 5.32 Å². The quantitative estimate of drug-likeness (QED) is 0.609. The Kier molecular flexibility index (Phi) is 5.99. The molecule has 104 valence electrons. The molecule has 4 nitrogen and oxygen atoms in total. The molecule has 1 N–H and O–H groups in total. The van der Waals surface area contributed by atoms with Crippen molar-refractivity contribution >= 4 is 12.2 Å². The Morgan fingerprint density at radius 1 is 1.53 bits per heavy atom. The lowest BCUT2D eigenvalue weighted by Gasteiger charge is -2.15. The van der Waals surface area contributed by atoms with Crippen LogP contribution < -0.4 is 10.1 Å². The van der Waals surface area contributed by atoms with Crippen LogP contribution in [0.5, 0.6) is 5.75 Å². The van der Waals surface area contributed by atoms with Crippen molar-refractivity contribution in [3.8, 4) is 5.75 Å². The summed E-state index contributed by atoms with van der Waals surface area (Å²) in [6.07, 6.45) is 1.64. The molecule has 0 heterocycles. The second-order valence-corrected chi connectivity index (χ2v) is 4.21. The van der Waals surface area contributed by atoms with Crippen LogP contribution >= 0.6 is 0 Å². The van der Waals surface area contributed by atoms with E-state index in [9.17, 15) is 14.0 Å². The molecule has 0 spiro atoms. The highest BCUT2D eigenvalue weighted by Crippen LogP contribution is 2.19. The molecule has 1 aromatic rings. The smallest absolute Gasteiger partial charge is 0.260 e. The van der Waals surface area contributed by atoms with Crippen LogP contribution in [0.25, 0.3) is 0 Å². The third-order valence-corrected chi connectivity index (χ3v) is 2.59. The van der Waals surface area contributed by atoms with Gasteiger partial charge in [0.05, 0.1) is 0 Å². The van der Waals surface area contributed by atoms with Crippen molar-refractivity contribution in [2.24, 2.45) is 0 Å². The summed E-state index contributed by atoms with van der Waals surface area (Å²) in [7, 11) is 0. The third-order valence-electron chi connectivity index (χ3n) is 2.59. The van der Waals surface area contributed by atoms with Crippen LogP contribution in [0.3, 0.4) is 0 Å². The summed E-state index contributed by atoms with van der Waals surface area (Å²) in [5.41, 5.74) is 0.227. The van der Waals surface area contributed by atoms with Crippen molar-refractivity contribution in [3.63, 3.8) is 0 Å². The van der Waals surface area contributed by atoms with E-state index < -0.39 is 11.9 Å². The lowest BCUT2D eigenvalue weighted by Crippen LogP contribution is -2.36. The molecule has 0 aliphatic heterocycles. The van der Waals surface area contributed by atoms with Crippen LogP contribution in [0.1, 0.15) is 37.0 Å². The van der Waals surface area contributed by atoms with E-state index >= 15 is 0 Å². The number of ether oxygens (including phenoxy) is 1. The molecule has 1 unspecified atom stereocenters. The summed E-state index contributed by atoms with van der Waals surface area (Å²) in [6, 6.07) is 3.85. The molecule has 0 fully saturated rings. The average Bonchev–Trinajstić information content (AvgIpc) is 2.41. The number of hydrogen-bond acceptors (Lipinski definition) is 3. The van der Waals surface area contributed by atoms with E-state index in [0.717, 1.165) is 18.9 Å². The zero-order chi connectivity index (χ0) is 14.3. The van der Waals surface area contributed by atoms with E-state index in [4.69, 9.17) is 4.74 Å². The molecule has 0 aliphatic rings. The van der Waals surface area contributed by atoms with Gasteiger partial charge in [0.2, 0.25) is 0 Å². The Balaban J connectivity index is 2.58. The number of unbranched alkanes of at least 4 members (excludes halogenated alkanes) is 1. The minimum Gasteiger partial charge on any atom is -0.478 e. The Morgan fingerprint density at radius 3 is 2.84 bits per heavy atom. The van der Waals surface area contributed by atoms with E-state index in [1.165, 1.54) is 12.1 Å². The number of aldehydes is 1. The molecule has 0 radical (unpaired) electrons. The zero-order valence-electron chi connectivity index (χ0n) is 11.1. The normalized spacial score (nSPS) is 11.7. The van der Waals surface area contributed by atoms with Gasteiger partial charge in [-0.2, -0.15) is 0 Å². The van der Waals surface area contributed by atoms with Gasteiger partial charge >= 0.3 is 0 Å². The van der Waals surface area contributed by atoms with E-state index in [1.54, 1.807) is 6.92 Å². The van der Waals surface area contributed by atoms with Crippen LogP contribution in [0.15, 0.2) is 18.2 Å². The van der Waals surface area contributed by atoms with E-state index in [-0.39, 0.29) is 17.2 Å². The molecule has 5 heteroatoms. The monoisotopic (exact) mass is 267 g/mol. The number of halogens is 1. The number of hydrogen-bond donors (Lipinski definition) is 1. The van der Waals surface area contributed by atoms with Gasteiger partial charge in [0.1, 0.15) is 6.29 Å². The summed E-state index contributed by atoms with van der Waals surface area (Å²) in [4.78, 5) is 22.1. The first-order chi connectivity index (χ1) is 9.08. The summed E-state index contributed by atoms with van der Waals surface area (Å²) < 4.78 is 18.8. The van der Waals surface area contributed by atoms with Crippen molar-refractivity contribution in [2.45, 2.75) is 32.8 Å². The molecule has 19 heavy (non-hydrogen) atoms. The van der Waals surface area contributed by atoms with Crippen molar-refractivity contribution in [1.29, 1.82) is 0 Å². The second-order valence-electron chi connectivity index (χ2n) is 4.21. The zero-order valence-corrected chi connectivity index (χ0v) is 11.1. The lowest BCUT2D eigenvalue weighted by atomic mass is 10.2. The van der Waals surface area contributed by atoms with Gasteiger partial charge in [-0.25, -0.2) is 4.39 Å². The minimum absolute atomic E-state index is 0.0382. The SMILES string of the molecule is CCCCNC(=O)C(C)Oc1ccc(C=O)cc1F. The Hall–Kier alpha value is -1.91. The molecule has 1 rings (SSSR count). The molecule has 0 aromatic heterocycles. The number of carbonyl (C=O) groups is 2. The summed E-state index contributed by atoms with van der Waals surface area (Å²) >= 11 is 0. The van der Waals surface area contributed by atoms with Crippen molar-refractivity contribution in [1.82, 2.24) is 5.32 Å². The van der Waals surface area contributed by atoms with Gasteiger partial charge in [0.25, 0.3) is 5.91 Å². The minimum atomic E-state index is -0.784. The highest BCUT2D eigenvalue weighted by molar-refractivity contribution is 5.80. The first kappa shape index (κ1) is 15.1. The Labute approximate surface area is 112 Å². The second kappa shape index (κ2) is 7.51. The van der Waals surface area contributed by atoms with Gasteiger partial charge in [-0.1, -0.05) is 13.3 Å². The maximum Gasteiger partial charge on any atom is 0.260 e. The highest BCUT2D eigenvalue weighted by atomic mass is 19.1. The van der Waals surface area contributed by atoms with E-state index in [1.807, 2.05) is 6.92 Å². The maximum atomic E-state index is 13.6. The predicted octanol–water partition coefficient (Wildman–Crippen LogP) is 2.32. The molecule has 1 aromatic carbocycles. The molecular weight excluding hydrogens is 249 g/mol. The molecule has 0 saturated heterocycles. The fourth-order valence-electron chi connectivity index (χ4n) is 1.46. The van der Waals surface area contributed by atoms with Gasteiger partial charge < -0.3 is 10.1 Å². The van der Waals surface area contributed by atoms with Gasteiger partial charge in [-0.3, -0.25) is 9.59 Å². The van der Waals surface area contributed by atoms with Crippen LogP contribution in [0.4, 0.5) is 4.39 Å². The summed E-state index contributed by atoms with van der Waals surface area (Å²) in [6.45, 7) is 4.15. The molecule has 0 bridgehead atoms. The van der Waals surface area contributed by atoms with Crippen LogP contribution in [-0.2, 0) is 4.79 Å². The van der Waals surface area contributed by atoms with Gasteiger partial charge in [0.15, 0.2) is 17.7 Å². The number of benzene rings is 1. The van der Waals surface area contributed by atoms with Crippen molar-refractivity contribution in [3.05, 3.63) is 29.6 Å². The first-order valence-corrected chi connectivity index (χ1v) is 6.27. The van der Waals surface area contributed by atoms with Crippen LogP contribution in [0.2, 0.25) is 0 Å². The van der Waals surface area contributed by atoms with Gasteiger partial charge in [0, 0.05) is 12.1 Å². The Bertz CT molecular complexity index is 448. The first-order valence-electron chi connectivity index (χ1n) is 6.27. The number of carbonyl (C=O) groups excluding carboxylic acids is 2. The van der Waals surface area contributed by atoms with Crippen molar-refractivity contribution in [2.75, 3.05) is 6.54 Å². The van der Waals surface area contributed by atoms with Crippen LogP contribution in [0, 0.1) is 5.82 Å².